The van der Waals surface area contributed by atoms with Crippen molar-refractivity contribution in [1.82, 2.24) is 14.7 Å². The number of piperidine rings is 1. The maximum atomic E-state index is 14.6. The number of nitrogens with two attached hydrogens (primary N) is 1. The third kappa shape index (κ3) is 5.09. The number of hydrogen-bond donors (Lipinski definition) is 1. The van der Waals surface area contributed by atoms with E-state index >= 15 is 0 Å². The van der Waals surface area contributed by atoms with Gasteiger partial charge in [0.2, 0.25) is 5.91 Å². The smallest absolute Gasteiger partial charge is 0.369 e. The van der Waals surface area contributed by atoms with Gasteiger partial charge in [0.05, 0.1) is 24.3 Å². The lowest BCUT2D eigenvalue weighted by atomic mass is 10.00. The summed E-state index contributed by atoms with van der Waals surface area (Å²) in [6.45, 7) is 4.26. The van der Waals surface area contributed by atoms with Crippen molar-refractivity contribution in [3.63, 3.8) is 0 Å². The maximum absolute atomic E-state index is 14.6. The van der Waals surface area contributed by atoms with E-state index in [1.165, 1.54) is 33.8 Å². The molecule has 40 heavy (non-hydrogen) atoms. The lowest BCUT2D eigenvalue weighted by Gasteiger charge is -2.43. The van der Waals surface area contributed by atoms with Crippen LogP contribution in [0.1, 0.15) is 48.1 Å². The van der Waals surface area contributed by atoms with Gasteiger partial charge in [-0.1, -0.05) is 30.3 Å². The van der Waals surface area contributed by atoms with E-state index in [2.05, 4.69) is 5.10 Å². The molecule has 3 aromatic rings. The zero-order valence-corrected chi connectivity index (χ0v) is 22.2. The number of nitrogens with zero attached hydrogens (tertiary/aromatic N) is 5. The molecule has 2 aliphatic heterocycles. The molecule has 0 aliphatic carbocycles. The maximum Gasteiger partial charge on any atom is 0.416 e. The van der Waals surface area contributed by atoms with Crippen LogP contribution < -0.4 is 15.5 Å². The van der Waals surface area contributed by atoms with Gasteiger partial charge in [-0.15, -0.1) is 0 Å². The Balaban J connectivity index is 1.45. The molecule has 1 aromatic heterocycles. The van der Waals surface area contributed by atoms with Crippen molar-refractivity contribution in [3.05, 3.63) is 76.7 Å². The first-order valence-electron chi connectivity index (χ1n) is 13.1. The molecule has 2 aliphatic rings. The fourth-order valence-corrected chi connectivity index (χ4v) is 5.54. The Morgan fingerprint density at radius 1 is 1.12 bits per heavy atom. The number of fused-ring (bicyclic) bond motifs is 1. The summed E-state index contributed by atoms with van der Waals surface area (Å²) in [5, 5.41) is 4.41. The van der Waals surface area contributed by atoms with E-state index in [0.29, 0.717) is 37.2 Å². The minimum atomic E-state index is -4.60. The Morgan fingerprint density at radius 3 is 2.48 bits per heavy atom. The van der Waals surface area contributed by atoms with Gasteiger partial charge in [0.1, 0.15) is 11.9 Å². The first-order chi connectivity index (χ1) is 19.0. The van der Waals surface area contributed by atoms with Crippen molar-refractivity contribution in [1.29, 1.82) is 0 Å². The summed E-state index contributed by atoms with van der Waals surface area (Å²) in [7, 11) is 0. The van der Waals surface area contributed by atoms with Gasteiger partial charge in [-0.3, -0.25) is 14.4 Å². The number of para-hydroxylation sites is 1. The fourth-order valence-electron chi connectivity index (χ4n) is 5.54. The second-order valence-electron chi connectivity index (χ2n) is 10.3. The number of benzene rings is 2. The van der Waals surface area contributed by atoms with Gasteiger partial charge >= 0.3 is 12.2 Å². The number of rotatable bonds is 6. The van der Waals surface area contributed by atoms with Crippen LogP contribution in [0, 0.1) is 12.7 Å². The van der Waals surface area contributed by atoms with Crippen molar-refractivity contribution in [2.45, 2.75) is 58.0 Å². The Hall–Kier alpha value is -4.09. The summed E-state index contributed by atoms with van der Waals surface area (Å²) >= 11 is 0. The van der Waals surface area contributed by atoms with E-state index in [1.807, 2.05) is 17.9 Å². The van der Waals surface area contributed by atoms with E-state index in [0.717, 1.165) is 11.6 Å². The van der Waals surface area contributed by atoms with E-state index in [-0.39, 0.29) is 36.3 Å². The zero-order valence-electron chi connectivity index (χ0n) is 22.2. The molecule has 2 N–H and O–H groups in total. The summed E-state index contributed by atoms with van der Waals surface area (Å²) in [4.78, 5) is 30.6. The average molecular weight is 559 g/mol. The number of anilines is 2. The molecule has 5 rings (SSSR count). The first-order valence-corrected chi connectivity index (χ1v) is 13.1. The number of aryl methyl sites for hydroxylation is 1. The minimum absolute atomic E-state index is 0.0708. The first kappa shape index (κ1) is 27.5. The van der Waals surface area contributed by atoms with Gasteiger partial charge in [0.25, 0.3) is 0 Å². The van der Waals surface area contributed by atoms with Crippen LogP contribution in [0.2, 0.25) is 0 Å². The van der Waals surface area contributed by atoms with Gasteiger partial charge in [0, 0.05) is 30.9 Å². The van der Waals surface area contributed by atoms with Crippen molar-refractivity contribution >= 4 is 23.4 Å². The highest BCUT2D eigenvalue weighted by atomic mass is 19.4. The lowest BCUT2D eigenvalue weighted by Crippen LogP contribution is -2.54. The van der Waals surface area contributed by atoms with Crippen molar-refractivity contribution in [3.8, 4) is 0 Å². The molecular weight excluding hydrogens is 528 g/mol. The Labute approximate surface area is 228 Å². The van der Waals surface area contributed by atoms with Gasteiger partial charge < -0.3 is 15.5 Å². The number of halogens is 4. The van der Waals surface area contributed by atoms with Crippen molar-refractivity contribution in [2.24, 2.45) is 5.73 Å². The number of amides is 3. The number of primary amides is 1. The van der Waals surface area contributed by atoms with Crippen LogP contribution >= 0.6 is 0 Å². The van der Waals surface area contributed by atoms with Crippen LogP contribution in [-0.4, -0.2) is 45.8 Å². The lowest BCUT2D eigenvalue weighted by molar-refractivity contribution is -0.138. The Kier molecular flexibility index (Phi) is 7.19. The summed E-state index contributed by atoms with van der Waals surface area (Å²) in [5.74, 6) is -0.735. The highest BCUT2D eigenvalue weighted by Gasteiger charge is 2.40. The molecule has 3 heterocycles. The predicted molar refractivity (Wildman–Crippen MR) is 141 cm³/mol. The molecule has 1 saturated heterocycles. The van der Waals surface area contributed by atoms with E-state index < -0.39 is 29.7 Å². The van der Waals surface area contributed by atoms with Crippen LogP contribution in [0.3, 0.4) is 0 Å². The number of urea groups is 1. The molecule has 12 heteroatoms. The molecule has 0 bridgehead atoms. The molecule has 3 amide bonds. The minimum Gasteiger partial charge on any atom is -0.369 e. The topological polar surface area (TPSA) is 87.7 Å². The summed E-state index contributed by atoms with van der Waals surface area (Å²) in [6, 6.07) is 8.54. The van der Waals surface area contributed by atoms with Gasteiger partial charge in [-0.25, -0.2) is 9.18 Å². The second kappa shape index (κ2) is 10.5. The SMILES string of the molecule is Cc1cccc(F)c1N1CCC(N2Cc3cn(C(C)C(N)=O)nc3N(Cc3ccccc3C(F)(F)F)C2=O)CC1. The largest absolute Gasteiger partial charge is 0.416 e. The second-order valence-corrected chi connectivity index (χ2v) is 10.3. The van der Waals surface area contributed by atoms with Crippen molar-refractivity contribution in [2.75, 3.05) is 22.9 Å². The van der Waals surface area contributed by atoms with E-state index in [4.69, 9.17) is 5.73 Å². The van der Waals surface area contributed by atoms with Gasteiger partial charge in [0.15, 0.2) is 5.82 Å². The van der Waals surface area contributed by atoms with Gasteiger partial charge in [-0.05, 0) is 49.9 Å². The summed E-state index contributed by atoms with van der Waals surface area (Å²) in [6.07, 6.45) is -1.89. The Bertz CT molecular complexity index is 1410. The van der Waals surface area contributed by atoms with E-state index in [9.17, 15) is 27.2 Å². The molecule has 1 fully saturated rings. The quantitative estimate of drug-likeness (QED) is 0.431. The third-order valence-electron chi connectivity index (χ3n) is 7.73. The zero-order chi connectivity index (χ0) is 28.8. The van der Waals surface area contributed by atoms with Crippen LogP contribution in [0.4, 0.5) is 33.9 Å². The molecule has 0 radical (unpaired) electrons. The molecule has 2 aromatic carbocycles. The molecule has 0 saturated carbocycles. The standard InChI is InChI=1S/C28H30F4N6O2/c1-17-6-5-9-23(29)24(17)35-12-10-21(11-13-35)36-15-20-16-38(18(2)25(33)39)34-26(20)37(27(36)40)14-19-7-3-4-8-22(19)28(30,31)32/h3-9,16,18,21H,10-15H2,1-2H3,(H2,33,39). The molecule has 1 unspecified atom stereocenters. The summed E-state index contributed by atoms with van der Waals surface area (Å²) < 4.78 is 57.3. The fraction of sp³-hybridized carbons (Fsp3) is 0.393. The van der Waals surface area contributed by atoms with E-state index in [1.54, 1.807) is 24.1 Å². The highest BCUT2D eigenvalue weighted by molar-refractivity contribution is 5.94. The predicted octanol–water partition coefficient (Wildman–Crippen LogP) is 5.01. The number of aromatic nitrogens is 2. The highest BCUT2D eigenvalue weighted by Crippen LogP contribution is 2.37. The van der Waals surface area contributed by atoms with Crippen LogP contribution in [0.15, 0.2) is 48.7 Å². The molecular formula is C28H30F4N6O2. The molecule has 0 spiro atoms. The molecule has 212 valence electrons. The monoisotopic (exact) mass is 558 g/mol. The summed E-state index contributed by atoms with van der Waals surface area (Å²) in [5.41, 5.74) is 6.52. The Morgan fingerprint density at radius 2 is 1.82 bits per heavy atom. The third-order valence-corrected chi connectivity index (χ3v) is 7.73. The average Bonchev–Trinajstić information content (AvgIpc) is 3.34. The van der Waals surface area contributed by atoms with Crippen LogP contribution in [0.25, 0.3) is 0 Å². The van der Waals surface area contributed by atoms with Crippen molar-refractivity contribution < 1.29 is 27.2 Å². The normalized spacial score (nSPS) is 17.2. The molecule has 1 atom stereocenters. The number of hydrogen-bond acceptors (Lipinski definition) is 4. The van der Waals surface area contributed by atoms with Crippen LogP contribution in [-0.2, 0) is 24.1 Å². The number of carbonyl (C=O) groups excluding carboxylic acids is 2. The number of alkyl halides is 3. The van der Waals surface area contributed by atoms with Gasteiger partial charge in [-0.2, -0.15) is 18.3 Å². The van der Waals surface area contributed by atoms with Crippen LogP contribution in [0.5, 0.6) is 0 Å². The number of carbonyl (C=O) groups is 2. The molecule has 8 nitrogen and oxygen atoms in total.